The maximum absolute atomic E-state index is 5.67. The molecule has 1 aromatic rings. The smallest absolute Gasteiger partial charge is 0.191 e. The van der Waals surface area contributed by atoms with Crippen LogP contribution < -0.4 is 15.4 Å². The molecule has 5 heteroatoms. The molecule has 0 atom stereocenters. The van der Waals surface area contributed by atoms with Gasteiger partial charge in [0.2, 0.25) is 0 Å². The van der Waals surface area contributed by atoms with Crippen molar-refractivity contribution in [1.82, 2.24) is 10.6 Å². The van der Waals surface area contributed by atoms with Crippen molar-refractivity contribution in [3.8, 4) is 5.75 Å². The molecule has 1 aromatic carbocycles. The van der Waals surface area contributed by atoms with E-state index in [4.69, 9.17) is 4.74 Å². The molecule has 1 aliphatic carbocycles. The summed E-state index contributed by atoms with van der Waals surface area (Å²) >= 11 is 0. The van der Waals surface area contributed by atoms with Crippen LogP contribution in [0.15, 0.2) is 35.3 Å². The summed E-state index contributed by atoms with van der Waals surface area (Å²) in [6.07, 6.45) is 6.13. The van der Waals surface area contributed by atoms with Crippen molar-refractivity contribution in [3.63, 3.8) is 0 Å². The van der Waals surface area contributed by atoms with E-state index in [-0.39, 0.29) is 24.0 Å². The Labute approximate surface area is 151 Å². The summed E-state index contributed by atoms with van der Waals surface area (Å²) in [6, 6.07) is 10.5. The van der Waals surface area contributed by atoms with Crippen molar-refractivity contribution < 1.29 is 4.74 Å². The summed E-state index contributed by atoms with van der Waals surface area (Å²) in [5.74, 6) is 1.88. The molecule has 0 aromatic heterocycles. The summed E-state index contributed by atoms with van der Waals surface area (Å²) in [4.78, 5) is 4.62. The fourth-order valence-electron chi connectivity index (χ4n) is 2.55. The number of ether oxygens (including phenoxy) is 1. The number of nitrogens with one attached hydrogen (secondary N) is 2. The van der Waals surface area contributed by atoms with Crippen LogP contribution in [-0.2, 0) is 0 Å². The van der Waals surface area contributed by atoms with Crippen LogP contribution in [0.25, 0.3) is 0 Å². The molecule has 1 fully saturated rings. The summed E-state index contributed by atoms with van der Waals surface area (Å²) in [7, 11) is 0. The molecule has 4 nitrogen and oxygen atoms in total. The molecule has 0 spiro atoms. The average molecular weight is 417 g/mol. The van der Waals surface area contributed by atoms with E-state index in [1.165, 1.54) is 25.7 Å². The molecule has 1 aliphatic rings. The molecule has 124 valence electrons. The Balaban J connectivity index is 0.00000242. The lowest BCUT2D eigenvalue weighted by Gasteiger charge is -2.16. The number of halogens is 1. The maximum Gasteiger partial charge on any atom is 0.191 e. The fraction of sp³-hybridized carbons (Fsp3) is 0.588. The number of benzene rings is 1. The van der Waals surface area contributed by atoms with Crippen LogP contribution in [0, 0.1) is 0 Å². The van der Waals surface area contributed by atoms with Gasteiger partial charge in [0.1, 0.15) is 5.75 Å². The zero-order valence-electron chi connectivity index (χ0n) is 13.4. The molecule has 0 radical (unpaired) electrons. The molecule has 1 saturated carbocycles. The van der Waals surface area contributed by atoms with Crippen molar-refractivity contribution >= 4 is 29.9 Å². The summed E-state index contributed by atoms with van der Waals surface area (Å²) in [6.45, 7) is 4.49. The van der Waals surface area contributed by atoms with Gasteiger partial charge in [-0.15, -0.1) is 24.0 Å². The first-order valence-electron chi connectivity index (χ1n) is 8.11. The number of nitrogens with zero attached hydrogens (tertiary/aromatic N) is 1. The van der Waals surface area contributed by atoms with Crippen molar-refractivity contribution in [1.29, 1.82) is 0 Å². The van der Waals surface area contributed by atoms with Crippen LogP contribution in [0.5, 0.6) is 5.75 Å². The van der Waals surface area contributed by atoms with Gasteiger partial charge in [0.25, 0.3) is 0 Å². The number of aliphatic imine (C=N–C) groups is 1. The lowest BCUT2D eigenvalue weighted by molar-refractivity contribution is 0.313. The monoisotopic (exact) mass is 417 g/mol. The lowest BCUT2D eigenvalue weighted by Crippen LogP contribution is -2.42. The number of guanidine groups is 1. The van der Waals surface area contributed by atoms with Gasteiger partial charge >= 0.3 is 0 Å². The summed E-state index contributed by atoms with van der Waals surface area (Å²) in [5, 5.41) is 6.84. The Bertz CT molecular complexity index is 419. The molecule has 2 rings (SSSR count). The molecule has 0 saturated heterocycles. The highest BCUT2D eigenvalue weighted by Gasteiger charge is 2.15. The van der Waals surface area contributed by atoms with Gasteiger partial charge in [-0.3, -0.25) is 4.99 Å². The first-order chi connectivity index (χ1) is 10.4. The van der Waals surface area contributed by atoms with Gasteiger partial charge in [0.05, 0.1) is 6.61 Å². The minimum atomic E-state index is 0. The van der Waals surface area contributed by atoms with E-state index in [1.807, 2.05) is 30.3 Å². The lowest BCUT2D eigenvalue weighted by atomic mass is 10.2. The highest BCUT2D eigenvalue weighted by Crippen LogP contribution is 2.17. The van der Waals surface area contributed by atoms with Gasteiger partial charge in [-0.25, -0.2) is 0 Å². The molecule has 0 unspecified atom stereocenters. The second kappa shape index (κ2) is 11.6. The molecule has 0 bridgehead atoms. The summed E-state index contributed by atoms with van der Waals surface area (Å²) < 4.78 is 5.67. The minimum Gasteiger partial charge on any atom is -0.494 e. The minimum absolute atomic E-state index is 0. The van der Waals surface area contributed by atoms with Gasteiger partial charge in [0, 0.05) is 25.6 Å². The van der Waals surface area contributed by atoms with E-state index < -0.39 is 0 Å². The Kier molecular flexibility index (Phi) is 10.0. The van der Waals surface area contributed by atoms with E-state index in [0.29, 0.717) is 12.6 Å². The molecule has 2 N–H and O–H groups in total. The fourth-order valence-corrected chi connectivity index (χ4v) is 2.55. The van der Waals surface area contributed by atoms with Crippen molar-refractivity contribution in [2.24, 2.45) is 4.99 Å². The number of hydrogen-bond acceptors (Lipinski definition) is 2. The average Bonchev–Trinajstić information content (AvgIpc) is 3.01. The standard InChI is InChI=1S/C17H27N3O.HI/c1-2-18-17(20-15-9-6-7-10-15)19-13-8-14-21-16-11-4-3-5-12-16;/h3-5,11-12,15H,2,6-10,13-14H2,1H3,(H2,18,19,20);1H. The van der Waals surface area contributed by atoms with E-state index in [9.17, 15) is 0 Å². The van der Waals surface area contributed by atoms with Gasteiger partial charge < -0.3 is 15.4 Å². The van der Waals surface area contributed by atoms with E-state index >= 15 is 0 Å². The predicted octanol–water partition coefficient (Wildman–Crippen LogP) is 3.57. The molecule has 22 heavy (non-hydrogen) atoms. The van der Waals surface area contributed by atoms with E-state index in [2.05, 4.69) is 22.5 Å². The van der Waals surface area contributed by atoms with Crippen LogP contribution in [0.2, 0.25) is 0 Å². The Morgan fingerprint density at radius 3 is 2.64 bits per heavy atom. The third-order valence-corrected chi connectivity index (χ3v) is 3.62. The normalized spacial score (nSPS) is 15.2. The van der Waals surface area contributed by atoms with E-state index in [1.54, 1.807) is 0 Å². The number of rotatable bonds is 7. The zero-order valence-corrected chi connectivity index (χ0v) is 15.7. The topological polar surface area (TPSA) is 45.7 Å². The quantitative estimate of drug-likeness (QED) is 0.309. The third-order valence-electron chi connectivity index (χ3n) is 3.62. The predicted molar refractivity (Wildman–Crippen MR) is 103 cm³/mol. The first kappa shape index (κ1) is 19.1. The van der Waals surface area contributed by atoms with Crippen molar-refractivity contribution in [2.75, 3.05) is 19.7 Å². The molecular formula is C17H28IN3O. The van der Waals surface area contributed by atoms with Crippen LogP contribution >= 0.6 is 24.0 Å². The zero-order chi connectivity index (χ0) is 14.8. The van der Waals surface area contributed by atoms with Crippen LogP contribution in [0.1, 0.15) is 39.0 Å². The molecular weight excluding hydrogens is 389 g/mol. The van der Waals surface area contributed by atoms with Crippen LogP contribution in [0.4, 0.5) is 0 Å². The summed E-state index contributed by atoms with van der Waals surface area (Å²) in [5.41, 5.74) is 0. The third kappa shape index (κ3) is 7.33. The molecule has 0 amide bonds. The second-order valence-corrected chi connectivity index (χ2v) is 5.40. The SMILES string of the molecule is CCNC(=NCCCOc1ccccc1)NC1CCCC1.I. The maximum atomic E-state index is 5.67. The highest BCUT2D eigenvalue weighted by atomic mass is 127. The number of hydrogen-bond donors (Lipinski definition) is 2. The van der Waals surface area contributed by atoms with Gasteiger partial charge in [-0.05, 0) is 31.9 Å². The Morgan fingerprint density at radius 1 is 1.23 bits per heavy atom. The largest absolute Gasteiger partial charge is 0.494 e. The number of para-hydroxylation sites is 1. The highest BCUT2D eigenvalue weighted by molar-refractivity contribution is 14.0. The second-order valence-electron chi connectivity index (χ2n) is 5.40. The van der Waals surface area contributed by atoms with Gasteiger partial charge in [-0.1, -0.05) is 31.0 Å². The van der Waals surface area contributed by atoms with Crippen LogP contribution in [0.3, 0.4) is 0 Å². The van der Waals surface area contributed by atoms with Gasteiger partial charge in [0.15, 0.2) is 5.96 Å². The molecule has 0 heterocycles. The van der Waals surface area contributed by atoms with Crippen molar-refractivity contribution in [3.05, 3.63) is 30.3 Å². The van der Waals surface area contributed by atoms with E-state index in [0.717, 1.165) is 31.2 Å². The Morgan fingerprint density at radius 2 is 1.95 bits per heavy atom. The van der Waals surface area contributed by atoms with Crippen LogP contribution in [-0.4, -0.2) is 31.7 Å². The molecule has 0 aliphatic heterocycles. The van der Waals surface area contributed by atoms with Gasteiger partial charge in [-0.2, -0.15) is 0 Å². The Hall–Kier alpha value is -0.980. The first-order valence-corrected chi connectivity index (χ1v) is 8.11. The van der Waals surface area contributed by atoms with Crippen molar-refractivity contribution in [2.45, 2.75) is 45.1 Å².